The lowest BCUT2D eigenvalue weighted by molar-refractivity contribution is 1.02. The summed E-state index contributed by atoms with van der Waals surface area (Å²) in [5.41, 5.74) is 6.82. The maximum absolute atomic E-state index is 11.5. The van der Waals surface area contributed by atoms with Crippen molar-refractivity contribution in [2.75, 3.05) is 18.4 Å². The summed E-state index contributed by atoms with van der Waals surface area (Å²) < 4.78 is 0. The Kier molecular flexibility index (Phi) is 2.64. The molecule has 0 bridgehead atoms. The first-order chi connectivity index (χ1) is 7.31. The van der Waals surface area contributed by atoms with Gasteiger partial charge in [-0.3, -0.25) is 4.79 Å². The number of rotatable bonds is 3. The topological polar surface area (TPSA) is 83.8 Å². The fraction of sp³-hybridized carbons (Fsp3) is 0.200. The summed E-state index contributed by atoms with van der Waals surface area (Å²) in [6.07, 6.45) is 1.40. The summed E-state index contributed by atoms with van der Waals surface area (Å²) in [6.45, 7) is 1.24. The second-order valence-electron chi connectivity index (χ2n) is 3.18. The Morgan fingerprint density at radius 3 is 3.13 bits per heavy atom. The van der Waals surface area contributed by atoms with Crippen molar-refractivity contribution in [2.45, 2.75) is 0 Å². The first-order valence-corrected chi connectivity index (χ1v) is 4.72. The summed E-state index contributed by atoms with van der Waals surface area (Å²) in [5.74, 6) is 0. The van der Waals surface area contributed by atoms with E-state index in [1.807, 2.05) is 12.1 Å². The minimum atomic E-state index is -0.128. The minimum absolute atomic E-state index is 0.128. The van der Waals surface area contributed by atoms with Crippen molar-refractivity contribution in [1.29, 1.82) is 0 Å². The highest BCUT2D eigenvalue weighted by Gasteiger charge is 1.99. The number of aromatic amines is 1. The molecular formula is C10H12N4O. The van der Waals surface area contributed by atoms with Gasteiger partial charge in [-0.1, -0.05) is 0 Å². The molecule has 78 valence electrons. The van der Waals surface area contributed by atoms with Crippen LogP contribution in [0.5, 0.6) is 0 Å². The Bertz CT molecular complexity index is 520. The van der Waals surface area contributed by atoms with Gasteiger partial charge in [0.05, 0.1) is 17.2 Å². The Morgan fingerprint density at radius 1 is 1.47 bits per heavy atom. The van der Waals surface area contributed by atoms with Gasteiger partial charge < -0.3 is 16.0 Å². The molecule has 0 aliphatic carbocycles. The van der Waals surface area contributed by atoms with E-state index in [1.54, 1.807) is 6.07 Å². The van der Waals surface area contributed by atoms with Gasteiger partial charge in [0.25, 0.3) is 5.56 Å². The molecule has 0 saturated carbocycles. The maximum Gasteiger partial charge on any atom is 0.258 e. The van der Waals surface area contributed by atoms with Crippen LogP contribution in [-0.2, 0) is 0 Å². The molecule has 0 saturated heterocycles. The van der Waals surface area contributed by atoms with E-state index in [0.29, 0.717) is 24.0 Å². The number of fused-ring (bicyclic) bond motifs is 1. The minimum Gasteiger partial charge on any atom is -0.384 e. The van der Waals surface area contributed by atoms with Crippen LogP contribution < -0.4 is 16.6 Å². The number of nitrogens with two attached hydrogens (primary N) is 1. The number of nitrogens with zero attached hydrogens (tertiary/aromatic N) is 1. The number of benzene rings is 1. The molecule has 0 aliphatic rings. The summed E-state index contributed by atoms with van der Waals surface area (Å²) in [7, 11) is 0. The third kappa shape index (κ3) is 1.97. The Hall–Kier alpha value is -1.88. The zero-order valence-corrected chi connectivity index (χ0v) is 8.16. The number of hydrogen-bond acceptors (Lipinski definition) is 4. The number of H-pyrrole nitrogens is 1. The molecule has 0 aliphatic heterocycles. The average Bonchev–Trinajstić information content (AvgIpc) is 2.27. The van der Waals surface area contributed by atoms with Gasteiger partial charge in [-0.15, -0.1) is 0 Å². The maximum atomic E-state index is 11.5. The van der Waals surface area contributed by atoms with Crippen LogP contribution in [0.25, 0.3) is 10.9 Å². The molecular weight excluding hydrogens is 192 g/mol. The fourth-order valence-electron chi connectivity index (χ4n) is 1.40. The molecule has 1 aromatic heterocycles. The van der Waals surface area contributed by atoms with Crippen LogP contribution in [0.15, 0.2) is 29.3 Å². The van der Waals surface area contributed by atoms with Gasteiger partial charge in [0, 0.05) is 18.8 Å². The van der Waals surface area contributed by atoms with Crippen molar-refractivity contribution < 1.29 is 0 Å². The van der Waals surface area contributed by atoms with Crippen molar-refractivity contribution in [3.8, 4) is 0 Å². The van der Waals surface area contributed by atoms with Crippen LogP contribution in [0.4, 0.5) is 5.69 Å². The standard InChI is InChI=1S/C10H12N4O/c11-3-4-12-7-1-2-9-8(5-7)10(15)14-6-13-9/h1-2,5-6,12H,3-4,11H2,(H,13,14,15). The molecule has 5 nitrogen and oxygen atoms in total. The number of nitrogens with one attached hydrogen (secondary N) is 2. The summed E-state index contributed by atoms with van der Waals surface area (Å²) in [6, 6.07) is 5.46. The molecule has 2 rings (SSSR count). The SMILES string of the molecule is NCCNc1ccc2nc[nH]c(=O)c2c1. The van der Waals surface area contributed by atoms with Crippen molar-refractivity contribution in [1.82, 2.24) is 9.97 Å². The van der Waals surface area contributed by atoms with E-state index in [-0.39, 0.29) is 5.56 Å². The Labute approximate surface area is 86.3 Å². The quantitative estimate of drug-likeness (QED) is 0.671. The van der Waals surface area contributed by atoms with Crippen LogP contribution in [0, 0.1) is 0 Å². The lowest BCUT2D eigenvalue weighted by atomic mass is 10.2. The molecule has 0 amide bonds. The molecule has 15 heavy (non-hydrogen) atoms. The molecule has 4 N–H and O–H groups in total. The predicted octanol–water partition coefficient (Wildman–Crippen LogP) is 0.294. The largest absolute Gasteiger partial charge is 0.384 e. The number of anilines is 1. The first-order valence-electron chi connectivity index (χ1n) is 4.72. The van der Waals surface area contributed by atoms with Gasteiger partial charge in [-0.2, -0.15) is 0 Å². The van der Waals surface area contributed by atoms with E-state index < -0.39 is 0 Å². The van der Waals surface area contributed by atoms with Gasteiger partial charge in [0.15, 0.2) is 0 Å². The van der Waals surface area contributed by atoms with E-state index >= 15 is 0 Å². The highest BCUT2D eigenvalue weighted by molar-refractivity contribution is 5.81. The lowest BCUT2D eigenvalue weighted by Crippen LogP contribution is -2.13. The van der Waals surface area contributed by atoms with Crippen LogP contribution in [0.1, 0.15) is 0 Å². The molecule has 0 atom stereocenters. The van der Waals surface area contributed by atoms with Crippen molar-refractivity contribution in [3.05, 3.63) is 34.9 Å². The predicted molar refractivity (Wildman–Crippen MR) is 59.9 cm³/mol. The van der Waals surface area contributed by atoms with E-state index in [0.717, 1.165) is 5.69 Å². The lowest BCUT2D eigenvalue weighted by Gasteiger charge is -2.04. The summed E-state index contributed by atoms with van der Waals surface area (Å²) >= 11 is 0. The third-order valence-corrected chi connectivity index (χ3v) is 2.11. The Balaban J connectivity index is 2.45. The first kappa shape index (κ1) is 9.67. The molecule has 0 spiro atoms. The highest BCUT2D eigenvalue weighted by atomic mass is 16.1. The van der Waals surface area contributed by atoms with Crippen LogP contribution in [0.2, 0.25) is 0 Å². The van der Waals surface area contributed by atoms with Gasteiger partial charge in [0.2, 0.25) is 0 Å². The van der Waals surface area contributed by atoms with E-state index in [4.69, 9.17) is 5.73 Å². The van der Waals surface area contributed by atoms with Gasteiger partial charge in [-0.25, -0.2) is 4.98 Å². The molecule has 0 fully saturated rings. The fourth-order valence-corrected chi connectivity index (χ4v) is 1.40. The summed E-state index contributed by atoms with van der Waals surface area (Å²) in [4.78, 5) is 18.1. The van der Waals surface area contributed by atoms with E-state index in [9.17, 15) is 4.79 Å². The van der Waals surface area contributed by atoms with E-state index in [1.165, 1.54) is 6.33 Å². The second kappa shape index (κ2) is 4.10. The monoisotopic (exact) mass is 204 g/mol. The zero-order valence-electron chi connectivity index (χ0n) is 8.16. The molecule has 5 heteroatoms. The highest BCUT2D eigenvalue weighted by Crippen LogP contribution is 2.13. The molecule has 1 heterocycles. The van der Waals surface area contributed by atoms with Crippen molar-refractivity contribution in [2.24, 2.45) is 5.73 Å². The third-order valence-electron chi connectivity index (χ3n) is 2.11. The van der Waals surface area contributed by atoms with Crippen LogP contribution >= 0.6 is 0 Å². The van der Waals surface area contributed by atoms with E-state index in [2.05, 4.69) is 15.3 Å². The molecule has 2 aromatic rings. The van der Waals surface area contributed by atoms with Crippen LogP contribution in [0.3, 0.4) is 0 Å². The molecule has 0 radical (unpaired) electrons. The average molecular weight is 204 g/mol. The zero-order chi connectivity index (χ0) is 10.7. The number of hydrogen-bond donors (Lipinski definition) is 3. The molecule has 1 aromatic carbocycles. The normalized spacial score (nSPS) is 10.5. The smallest absolute Gasteiger partial charge is 0.258 e. The van der Waals surface area contributed by atoms with Gasteiger partial charge in [-0.05, 0) is 18.2 Å². The van der Waals surface area contributed by atoms with Crippen molar-refractivity contribution >= 4 is 16.6 Å². The summed E-state index contributed by atoms with van der Waals surface area (Å²) in [5, 5.41) is 3.69. The molecule has 0 unspecified atom stereocenters. The van der Waals surface area contributed by atoms with Gasteiger partial charge >= 0.3 is 0 Å². The Morgan fingerprint density at radius 2 is 2.33 bits per heavy atom. The second-order valence-corrected chi connectivity index (χ2v) is 3.18. The van der Waals surface area contributed by atoms with Gasteiger partial charge in [0.1, 0.15) is 0 Å². The van der Waals surface area contributed by atoms with Crippen molar-refractivity contribution in [3.63, 3.8) is 0 Å². The number of aromatic nitrogens is 2. The van der Waals surface area contributed by atoms with Crippen LogP contribution in [-0.4, -0.2) is 23.1 Å².